The third-order valence-corrected chi connectivity index (χ3v) is 2.76. The molecule has 0 aromatic carbocycles. The highest BCUT2D eigenvalue weighted by atomic mass is 35.5. The van der Waals surface area contributed by atoms with Crippen LogP contribution in [0.1, 0.15) is 26.2 Å². The van der Waals surface area contributed by atoms with E-state index in [4.69, 9.17) is 0 Å². The van der Waals surface area contributed by atoms with Gasteiger partial charge in [-0.3, -0.25) is 4.79 Å². The second-order valence-electron chi connectivity index (χ2n) is 4.66. The molecule has 0 aromatic heterocycles. The predicted octanol–water partition coefficient (Wildman–Crippen LogP) is 1.87. The van der Waals surface area contributed by atoms with Crippen LogP contribution in [0, 0.1) is 5.41 Å². The molecule has 0 spiro atoms. The first-order chi connectivity index (χ1) is 7.31. The molecule has 1 fully saturated rings. The van der Waals surface area contributed by atoms with Crippen molar-refractivity contribution >= 4 is 18.3 Å². The van der Waals surface area contributed by atoms with Gasteiger partial charge in [-0.05, 0) is 24.8 Å². The Kier molecular flexibility index (Phi) is 6.26. The summed E-state index contributed by atoms with van der Waals surface area (Å²) >= 11 is 0. The second-order valence-corrected chi connectivity index (χ2v) is 4.66. The van der Waals surface area contributed by atoms with E-state index in [9.17, 15) is 18.0 Å². The molecule has 1 amide bonds. The van der Waals surface area contributed by atoms with Crippen LogP contribution in [0.15, 0.2) is 0 Å². The van der Waals surface area contributed by atoms with Crippen molar-refractivity contribution in [3.63, 3.8) is 0 Å². The van der Waals surface area contributed by atoms with Crippen LogP contribution >= 0.6 is 12.4 Å². The van der Waals surface area contributed by atoms with Crippen LogP contribution in [0.3, 0.4) is 0 Å². The Balaban J connectivity index is 0.00000256. The molecule has 1 rings (SSSR count). The van der Waals surface area contributed by atoms with Gasteiger partial charge in [0.1, 0.15) is 6.42 Å². The number of alkyl halides is 3. The lowest BCUT2D eigenvalue weighted by molar-refractivity contribution is -0.154. The van der Waals surface area contributed by atoms with E-state index < -0.39 is 18.5 Å². The molecule has 0 radical (unpaired) electrons. The van der Waals surface area contributed by atoms with Crippen molar-refractivity contribution in [2.24, 2.45) is 5.41 Å². The molecule has 1 heterocycles. The number of piperidine rings is 1. The number of hydrogen-bond donors (Lipinski definition) is 2. The topological polar surface area (TPSA) is 41.1 Å². The highest BCUT2D eigenvalue weighted by Crippen LogP contribution is 2.24. The first-order valence-electron chi connectivity index (χ1n) is 5.35. The molecule has 0 bridgehead atoms. The molecule has 17 heavy (non-hydrogen) atoms. The molecule has 1 aliphatic rings. The van der Waals surface area contributed by atoms with Gasteiger partial charge in [0.25, 0.3) is 0 Å². The lowest BCUT2D eigenvalue weighted by atomic mass is 9.83. The molecular weight excluding hydrogens is 257 g/mol. The van der Waals surface area contributed by atoms with Crippen LogP contribution in [0.25, 0.3) is 0 Å². The van der Waals surface area contributed by atoms with E-state index in [1.807, 2.05) is 6.92 Å². The number of carbonyl (C=O) groups is 1. The van der Waals surface area contributed by atoms with Crippen molar-refractivity contribution in [2.45, 2.75) is 32.4 Å². The van der Waals surface area contributed by atoms with E-state index >= 15 is 0 Å². The van der Waals surface area contributed by atoms with Crippen molar-refractivity contribution in [2.75, 3.05) is 19.6 Å². The van der Waals surface area contributed by atoms with Gasteiger partial charge < -0.3 is 10.6 Å². The zero-order valence-corrected chi connectivity index (χ0v) is 10.5. The summed E-state index contributed by atoms with van der Waals surface area (Å²) in [7, 11) is 0. The molecule has 3 nitrogen and oxygen atoms in total. The van der Waals surface area contributed by atoms with Crippen LogP contribution in [0.4, 0.5) is 13.2 Å². The van der Waals surface area contributed by atoms with Gasteiger partial charge in [-0.15, -0.1) is 12.4 Å². The van der Waals surface area contributed by atoms with E-state index in [-0.39, 0.29) is 17.8 Å². The minimum absolute atomic E-state index is 0. The quantitative estimate of drug-likeness (QED) is 0.825. The number of hydrogen-bond acceptors (Lipinski definition) is 2. The molecule has 0 aromatic rings. The highest BCUT2D eigenvalue weighted by molar-refractivity contribution is 5.85. The first-order valence-corrected chi connectivity index (χ1v) is 5.35. The molecule has 102 valence electrons. The van der Waals surface area contributed by atoms with Gasteiger partial charge in [0, 0.05) is 13.1 Å². The van der Waals surface area contributed by atoms with Gasteiger partial charge in [-0.2, -0.15) is 13.2 Å². The Morgan fingerprint density at radius 2 is 2.12 bits per heavy atom. The fraction of sp³-hybridized carbons (Fsp3) is 0.900. The van der Waals surface area contributed by atoms with Crippen molar-refractivity contribution in [3.05, 3.63) is 0 Å². The SMILES string of the molecule is CC1(CNC(=O)CC(F)(F)F)CCCNC1.Cl. The molecule has 1 unspecified atom stereocenters. The molecule has 2 N–H and O–H groups in total. The monoisotopic (exact) mass is 274 g/mol. The minimum atomic E-state index is -4.42. The third-order valence-electron chi connectivity index (χ3n) is 2.76. The summed E-state index contributed by atoms with van der Waals surface area (Å²) in [4.78, 5) is 11.0. The van der Waals surface area contributed by atoms with Crippen LogP contribution < -0.4 is 10.6 Å². The largest absolute Gasteiger partial charge is 0.397 e. The van der Waals surface area contributed by atoms with Crippen LogP contribution in [-0.2, 0) is 4.79 Å². The van der Waals surface area contributed by atoms with Crippen molar-refractivity contribution in [1.82, 2.24) is 10.6 Å². The normalized spacial score (nSPS) is 24.9. The maximum absolute atomic E-state index is 11.9. The van der Waals surface area contributed by atoms with Gasteiger partial charge >= 0.3 is 6.18 Å². The fourth-order valence-corrected chi connectivity index (χ4v) is 1.83. The number of carbonyl (C=O) groups excluding carboxylic acids is 1. The van der Waals surface area contributed by atoms with Crippen molar-refractivity contribution in [3.8, 4) is 0 Å². The summed E-state index contributed by atoms with van der Waals surface area (Å²) < 4.78 is 35.7. The molecule has 1 saturated heterocycles. The molecule has 1 atom stereocenters. The van der Waals surface area contributed by atoms with E-state index in [2.05, 4.69) is 10.6 Å². The van der Waals surface area contributed by atoms with Gasteiger partial charge in [0.05, 0.1) is 0 Å². The average Bonchev–Trinajstić information content (AvgIpc) is 2.14. The highest BCUT2D eigenvalue weighted by Gasteiger charge is 2.32. The number of nitrogens with one attached hydrogen (secondary N) is 2. The molecule has 0 saturated carbocycles. The zero-order chi connectivity index (χ0) is 12.2. The van der Waals surface area contributed by atoms with Gasteiger partial charge in [-0.1, -0.05) is 6.92 Å². The third kappa shape index (κ3) is 6.73. The number of rotatable bonds is 3. The molecular formula is C10H18ClF3N2O. The van der Waals surface area contributed by atoms with Crippen molar-refractivity contribution < 1.29 is 18.0 Å². The van der Waals surface area contributed by atoms with E-state index in [1.165, 1.54) is 0 Å². The Morgan fingerprint density at radius 3 is 2.59 bits per heavy atom. The summed E-state index contributed by atoms with van der Waals surface area (Å²) in [5.41, 5.74) is -0.125. The number of amides is 1. The van der Waals surface area contributed by atoms with E-state index in [0.717, 1.165) is 25.9 Å². The maximum atomic E-state index is 11.9. The standard InChI is InChI=1S/C10H17F3N2O.ClH/c1-9(3-2-4-14-6-9)7-15-8(16)5-10(11,12)13;/h14H,2-7H2,1H3,(H,15,16);1H. The molecule has 1 aliphatic heterocycles. The van der Waals surface area contributed by atoms with Gasteiger partial charge in [0.2, 0.25) is 5.91 Å². The Bertz CT molecular complexity index is 252. The zero-order valence-electron chi connectivity index (χ0n) is 9.69. The summed E-state index contributed by atoms with van der Waals surface area (Å²) in [6, 6.07) is 0. The summed E-state index contributed by atoms with van der Waals surface area (Å²) in [5.74, 6) is -0.945. The summed E-state index contributed by atoms with van der Waals surface area (Å²) in [6.45, 7) is 3.94. The smallest absolute Gasteiger partial charge is 0.355 e. The van der Waals surface area contributed by atoms with Gasteiger partial charge in [0.15, 0.2) is 0 Å². The Morgan fingerprint density at radius 1 is 1.47 bits per heavy atom. The number of halogens is 4. The fourth-order valence-electron chi connectivity index (χ4n) is 1.83. The lowest BCUT2D eigenvalue weighted by Gasteiger charge is -2.34. The van der Waals surface area contributed by atoms with Gasteiger partial charge in [-0.25, -0.2) is 0 Å². The first kappa shape index (κ1) is 16.5. The van der Waals surface area contributed by atoms with Crippen LogP contribution in [-0.4, -0.2) is 31.7 Å². The average molecular weight is 275 g/mol. The van der Waals surface area contributed by atoms with Crippen LogP contribution in [0.2, 0.25) is 0 Å². The Labute approximate surface area is 105 Å². The summed E-state index contributed by atoms with van der Waals surface area (Å²) in [6.07, 6.45) is -3.90. The second kappa shape index (κ2) is 6.44. The van der Waals surface area contributed by atoms with E-state index in [1.54, 1.807) is 0 Å². The minimum Gasteiger partial charge on any atom is -0.355 e. The predicted molar refractivity (Wildman–Crippen MR) is 61.1 cm³/mol. The Hall–Kier alpha value is -0.490. The van der Waals surface area contributed by atoms with Crippen LogP contribution in [0.5, 0.6) is 0 Å². The van der Waals surface area contributed by atoms with Crippen molar-refractivity contribution in [1.29, 1.82) is 0 Å². The van der Waals surface area contributed by atoms with E-state index in [0.29, 0.717) is 6.54 Å². The molecule has 0 aliphatic carbocycles. The lowest BCUT2D eigenvalue weighted by Crippen LogP contribution is -2.46. The maximum Gasteiger partial charge on any atom is 0.397 e. The summed E-state index contributed by atoms with van der Waals surface area (Å²) in [5, 5.41) is 5.52. The molecule has 7 heteroatoms.